The fourth-order valence-corrected chi connectivity index (χ4v) is 13.8. The van der Waals surface area contributed by atoms with Crippen molar-refractivity contribution in [3.63, 3.8) is 0 Å². The maximum absolute atomic E-state index is 14.2. The van der Waals surface area contributed by atoms with E-state index < -0.39 is 18.1 Å². The van der Waals surface area contributed by atoms with Crippen LogP contribution in [0.2, 0.25) is 0 Å². The van der Waals surface area contributed by atoms with Gasteiger partial charge in [0.15, 0.2) is 0 Å². The molecule has 26 heteroatoms. The van der Waals surface area contributed by atoms with E-state index in [2.05, 4.69) is 31.1 Å². The molecule has 7 atom stereocenters. The average molecular weight is 1180 g/mol. The van der Waals surface area contributed by atoms with E-state index in [1.54, 1.807) is 19.0 Å². The number of hydrogen-bond donors (Lipinski definition) is 6. The zero-order valence-corrected chi connectivity index (χ0v) is 50.9. The van der Waals surface area contributed by atoms with E-state index in [0.29, 0.717) is 140 Å². The predicted octanol–water partition coefficient (Wildman–Crippen LogP) is 1.55. The standard InChI is InChI=1S/C57H97N17O8S/c1-5-40(2)50-53(81)74(38-47(77)68(50)4)42(20-13-16-24-58)51(79)60-26-18-11-9-7-6-8-10-12-23-45(75)69-28-32-71(33-29-69)55-64-54(61-27-19-15-22-44-49-41(39-83-44)62-57(82)63-49)65-56(66-55)72-34-30-70(31-35-72)52(80)43(21-14-17-25-59)73-37-46(76)67(3)36-48(73)78/h40-44,49-50H,5-39,58-59H2,1-4H3,(H,60,79)(H2,62,63,82)(H,61,64,65,66)/t40-,41-,42-,43-,44-,49-,50-/m0/s1. The molecule has 0 bridgehead atoms. The first kappa shape index (κ1) is 64.8. The van der Waals surface area contributed by atoms with Gasteiger partial charge in [-0.25, -0.2) is 4.79 Å². The number of urea groups is 1. The summed E-state index contributed by atoms with van der Waals surface area (Å²) >= 11 is 1.91. The van der Waals surface area contributed by atoms with E-state index in [1.807, 2.05) is 30.5 Å². The molecular weight excluding hydrogens is 1080 g/mol. The Kier molecular flexibility index (Phi) is 25.4. The van der Waals surface area contributed by atoms with E-state index in [9.17, 15) is 38.4 Å². The van der Waals surface area contributed by atoms with Crippen molar-refractivity contribution in [1.29, 1.82) is 0 Å². The van der Waals surface area contributed by atoms with E-state index in [4.69, 9.17) is 26.4 Å². The largest absolute Gasteiger partial charge is 0.354 e. The number of fused-ring (bicyclic) bond motifs is 1. The van der Waals surface area contributed by atoms with Gasteiger partial charge in [-0.05, 0) is 83.2 Å². The quantitative estimate of drug-likeness (QED) is 0.0430. The molecule has 7 heterocycles. The molecule has 0 saturated carbocycles. The number of thioether (sulfide) groups is 1. The molecular formula is C57H97N17O8S. The Hall–Kier alpha value is -5.76. The number of nitrogens with two attached hydrogens (primary N) is 2. The average Bonchev–Trinajstić information content (AvgIpc) is 4.16. The van der Waals surface area contributed by atoms with Gasteiger partial charge in [0.25, 0.3) is 0 Å². The molecule has 83 heavy (non-hydrogen) atoms. The van der Waals surface area contributed by atoms with Crippen molar-refractivity contribution in [2.24, 2.45) is 17.4 Å². The molecule has 0 aliphatic carbocycles. The molecule has 6 aliphatic heterocycles. The summed E-state index contributed by atoms with van der Waals surface area (Å²) in [5, 5.41) is 13.0. The summed E-state index contributed by atoms with van der Waals surface area (Å²) < 4.78 is 0. The predicted molar refractivity (Wildman–Crippen MR) is 320 cm³/mol. The SMILES string of the molecule is CC[C@H](C)[C@H]1C(=O)N([C@@H](CCCCN)C(=O)NCCCCCCCCCCC(=O)N2CCN(c3nc(NCCCC[C@@H]4SC[C@@H]5NC(=O)N[C@@H]54)nc(N4CCN(C(=O)[C@H](CCCCN)N5CC(=O)N(C)CC5=O)CC4)n3)CC2)CC(=O)N1C. The van der Waals surface area contributed by atoms with Gasteiger partial charge in [-0.2, -0.15) is 26.7 Å². The van der Waals surface area contributed by atoms with E-state index >= 15 is 0 Å². The molecule has 6 saturated heterocycles. The second-order valence-corrected chi connectivity index (χ2v) is 24.8. The third-order valence-electron chi connectivity index (χ3n) is 17.6. The van der Waals surface area contributed by atoms with E-state index in [0.717, 1.165) is 89.2 Å². The second kappa shape index (κ2) is 32.5. The molecule has 6 aliphatic rings. The topological polar surface area (TPSA) is 301 Å². The number of piperazine rings is 4. The van der Waals surface area contributed by atoms with Crippen LogP contribution in [0.25, 0.3) is 0 Å². The van der Waals surface area contributed by atoms with Crippen LogP contribution in [0.15, 0.2) is 0 Å². The summed E-state index contributed by atoms with van der Waals surface area (Å²) in [6.07, 6.45) is 15.7. The molecule has 6 fully saturated rings. The fraction of sp³-hybridized carbons (Fsp3) is 0.807. The van der Waals surface area contributed by atoms with Crippen LogP contribution in [0, 0.1) is 5.92 Å². The number of carbonyl (C=O) groups is 8. The number of likely N-dealkylation sites (N-methyl/N-ethyl adjacent to an activating group) is 2. The lowest BCUT2D eigenvalue weighted by atomic mass is 9.93. The maximum atomic E-state index is 14.2. The lowest BCUT2D eigenvalue weighted by Crippen LogP contribution is -2.64. The van der Waals surface area contributed by atoms with Gasteiger partial charge in [0.2, 0.25) is 59.2 Å². The smallest absolute Gasteiger partial charge is 0.315 e. The molecule has 0 radical (unpaired) electrons. The number of amides is 9. The molecule has 1 aromatic heterocycles. The van der Waals surface area contributed by atoms with Crippen LogP contribution in [0.4, 0.5) is 22.6 Å². The Morgan fingerprint density at radius 3 is 1.88 bits per heavy atom. The lowest BCUT2D eigenvalue weighted by Gasteiger charge is -2.43. The Morgan fingerprint density at radius 1 is 0.651 bits per heavy atom. The Bertz CT molecular complexity index is 2340. The highest BCUT2D eigenvalue weighted by Crippen LogP contribution is 2.33. The summed E-state index contributed by atoms with van der Waals surface area (Å²) in [6, 6.07) is -1.73. The van der Waals surface area contributed by atoms with Gasteiger partial charge >= 0.3 is 6.03 Å². The number of hydrogen-bond acceptors (Lipinski definition) is 17. The Morgan fingerprint density at radius 2 is 1.24 bits per heavy atom. The Labute approximate surface area is 495 Å². The second-order valence-electron chi connectivity index (χ2n) is 23.5. The normalized spacial score (nSPS) is 22.5. The summed E-state index contributed by atoms with van der Waals surface area (Å²) in [5.74, 6) is 1.44. The first-order valence-corrected chi connectivity index (χ1v) is 32.2. The van der Waals surface area contributed by atoms with Gasteiger partial charge < -0.3 is 71.9 Å². The molecule has 7 rings (SSSR count). The van der Waals surface area contributed by atoms with Crippen molar-refractivity contribution in [1.82, 2.24) is 60.3 Å². The molecule has 1 aromatic rings. The highest BCUT2D eigenvalue weighted by molar-refractivity contribution is 8.00. The molecule has 0 spiro atoms. The minimum Gasteiger partial charge on any atom is -0.354 e. The van der Waals surface area contributed by atoms with Gasteiger partial charge in [-0.3, -0.25) is 33.6 Å². The van der Waals surface area contributed by atoms with E-state index in [1.165, 1.54) is 19.6 Å². The maximum Gasteiger partial charge on any atom is 0.315 e. The number of aromatic nitrogens is 3. The van der Waals surface area contributed by atoms with Crippen LogP contribution >= 0.6 is 11.8 Å². The number of nitrogens with one attached hydrogen (secondary N) is 4. The van der Waals surface area contributed by atoms with Crippen LogP contribution in [0.3, 0.4) is 0 Å². The highest BCUT2D eigenvalue weighted by Gasteiger charge is 2.45. The van der Waals surface area contributed by atoms with Gasteiger partial charge in [-0.1, -0.05) is 65.2 Å². The zero-order valence-electron chi connectivity index (χ0n) is 50.0. The highest BCUT2D eigenvalue weighted by atomic mass is 32.2. The molecule has 9 amide bonds. The third-order valence-corrected chi connectivity index (χ3v) is 19.1. The third kappa shape index (κ3) is 17.9. The van der Waals surface area contributed by atoms with Gasteiger partial charge in [0, 0.05) is 97.0 Å². The molecule has 8 N–H and O–H groups in total. The monoisotopic (exact) mass is 1180 g/mol. The summed E-state index contributed by atoms with van der Waals surface area (Å²) in [6.45, 7) is 9.78. The van der Waals surface area contributed by atoms with Crippen LogP contribution in [0.1, 0.15) is 136 Å². The minimum atomic E-state index is -0.741. The first-order valence-electron chi connectivity index (χ1n) is 31.1. The van der Waals surface area contributed by atoms with E-state index in [-0.39, 0.29) is 85.0 Å². The Balaban J connectivity index is 0.836. The summed E-state index contributed by atoms with van der Waals surface area (Å²) in [5.41, 5.74) is 11.5. The molecule has 0 aromatic carbocycles. The van der Waals surface area contributed by atoms with Gasteiger partial charge in [-0.15, -0.1) is 0 Å². The number of unbranched alkanes of at least 4 members (excludes halogenated alkanes) is 10. The number of carbonyl (C=O) groups excluding carboxylic acids is 8. The summed E-state index contributed by atoms with van der Waals surface area (Å²) in [7, 11) is 3.28. The lowest BCUT2D eigenvalue weighted by molar-refractivity contribution is -0.161. The van der Waals surface area contributed by atoms with Crippen molar-refractivity contribution in [2.75, 3.05) is 133 Å². The zero-order chi connectivity index (χ0) is 59.4. The molecule has 25 nitrogen and oxygen atoms in total. The van der Waals surface area contributed by atoms with Crippen LogP contribution in [-0.4, -0.2) is 245 Å². The van der Waals surface area contributed by atoms with Crippen molar-refractivity contribution >= 4 is 77.0 Å². The van der Waals surface area contributed by atoms with Gasteiger partial charge in [0.05, 0.1) is 18.6 Å². The molecule has 464 valence electrons. The van der Waals surface area contributed by atoms with Crippen molar-refractivity contribution < 1.29 is 38.4 Å². The van der Waals surface area contributed by atoms with Gasteiger partial charge in [0.1, 0.15) is 31.2 Å². The van der Waals surface area contributed by atoms with Crippen molar-refractivity contribution in [3.8, 4) is 0 Å². The van der Waals surface area contributed by atoms with Crippen molar-refractivity contribution in [3.05, 3.63) is 0 Å². The van der Waals surface area contributed by atoms with Crippen LogP contribution in [0.5, 0.6) is 0 Å². The summed E-state index contributed by atoms with van der Waals surface area (Å²) in [4.78, 5) is 134. The number of rotatable bonds is 33. The molecule has 0 unspecified atom stereocenters. The number of anilines is 3. The van der Waals surface area contributed by atoms with Crippen LogP contribution in [-0.2, 0) is 33.6 Å². The fourth-order valence-electron chi connectivity index (χ4n) is 12.2. The first-order chi connectivity index (χ1) is 40.1. The minimum absolute atomic E-state index is 0.0180. The van der Waals surface area contributed by atoms with Crippen LogP contribution < -0.4 is 42.5 Å². The number of nitrogens with zero attached hydrogens (tertiary/aromatic N) is 11. The van der Waals surface area contributed by atoms with Crippen molar-refractivity contribution in [2.45, 2.75) is 171 Å².